The van der Waals surface area contributed by atoms with Crippen LogP contribution < -0.4 is 15.4 Å². The minimum Gasteiger partial charge on any atom is -0.434 e. The van der Waals surface area contributed by atoms with Crippen molar-refractivity contribution in [3.63, 3.8) is 0 Å². The zero-order valence-electron chi connectivity index (χ0n) is 12.7. The van der Waals surface area contributed by atoms with Gasteiger partial charge in [-0.3, -0.25) is 9.78 Å². The second kappa shape index (κ2) is 9.19. The second-order valence-electron chi connectivity index (χ2n) is 4.56. The molecular formula is C16H16F2N4O2. The maximum absolute atomic E-state index is 12.3. The molecule has 24 heavy (non-hydrogen) atoms. The van der Waals surface area contributed by atoms with E-state index in [1.807, 2.05) is 0 Å². The number of nitrogens with zero attached hydrogens (tertiary/aromatic N) is 2. The summed E-state index contributed by atoms with van der Waals surface area (Å²) in [5, 5.41) is 5.65. The molecule has 0 atom stereocenters. The monoisotopic (exact) mass is 334 g/mol. The highest BCUT2D eigenvalue weighted by atomic mass is 19.3. The number of para-hydroxylation sites is 1. The molecule has 0 aliphatic heterocycles. The van der Waals surface area contributed by atoms with E-state index in [4.69, 9.17) is 0 Å². The van der Waals surface area contributed by atoms with E-state index in [-0.39, 0.29) is 11.7 Å². The maximum atomic E-state index is 12.3. The SMILES string of the molecule is O=C(C=Cc1ccccc1OC(F)F)NCCNc1cnccn1. The molecule has 1 aromatic heterocycles. The highest BCUT2D eigenvalue weighted by Crippen LogP contribution is 2.21. The molecule has 2 rings (SSSR count). The van der Waals surface area contributed by atoms with Crippen molar-refractivity contribution in [2.75, 3.05) is 18.4 Å². The number of amides is 1. The molecule has 0 spiro atoms. The van der Waals surface area contributed by atoms with Crippen LogP contribution in [-0.4, -0.2) is 35.6 Å². The summed E-state index contributed by atoms with van der Waals surface area (Å²) in [4.78, 5) is 19.6. The smallest absolute Gasteiger partial charge is 0.387 e. The van der Waals surface area contributed by atoms with Crippen LogP contribution >= 0.6 is 0 Å². The molecule has 8 heteroatoms. The van der Waals surface area contributed by atoms with Crippen molar-refractivity contribution in [1.82, 2.24) is 15.3 Å². The molecular weight excluding hydrogens is 318 g/mol. The Morgan fingerprint density at radius 2 is 2.08 bits per heavy atom. The first kappa shape index (κ1) is 17.3. The lowest BCUT2D eigenvalue weighted by Gasteiger charge is -2.07. The van der Waals surface area contributed by atoms with Crippen LogP contribution in [0.15, 0.2) is 48.9 Å². The average molecular weight is 334 g/mol. The number of halogens is 2. The number of carbonyl (C=O) groups excluding carboxylic acids is 1. The molecule has 2 N–H and O–H groups in total. The summed E-state index contributed by atoms with van der Waals surface area (Å²) in [7, 11) is 0. The molecule has 1 amide bonds. The van der Waals surface area contributed by atoms with Crippen molar-refractivity contribution in [3.05, 3.63) is 54.5 Å². The lowest BCUT2D eigenvalue weighted by atomic mass is 10.2. The summed E-state index contributed by atoms with van der Waals surface area (Å²) in [6, 6.07) is 6.24. The number of anilines is 1. The number of benzene rings is 1. The van der Waals surface area contributed by atoms with Gasteiger partial charge in [-0.1, -0.05) is 18.2 Å². The Morgan fingerprint density at radius 3 is 2.83 bits per heavy atom. The molecule has 0 fully saturated rings. The zero-order chi connectivity index (χ0) is 17.2. The highest BCUT2D eigenvalue weighted by molar-refractivity contribution is 5.92. The molecule has 1 aromatic carbocycles. The van der Waals surface area contributed by atoms with Crippen LogP contribution in [0.25, 0.3) is 6.08 Å². The Morgan fingerprint density at radius 1 is 1.25 bits per heavy atom. The highest BCUT2D eigenvalue weighted by Gasteiger charge is 2.07. The van der Waals surface area contributed by atoms with Crippen molar-refractivity contribution in [2.24, 2.45) is 0 Å². The van der Waals surface area contributed by atoms with E-state index in [2.05, 4.69) is 25.3 Å². The predicted octanol–water partition coefficient (Wildman–Crippen LogP) is 2.32. The van der Waals surface area contributed by atoms with E-state index >= 15 is 0 Å². The lowest BCUT2D eigenvalue weighted by molar-refractivity contribution is -0.116. The first-order valence-electron chi connectivity index (χ1n) is 7.15. The van der Waals surface area contributed by atoms with Crippen molar-refractivity contribution in [2.45, 2.75) is 6.61 Å². The Hall–Kier alpha value is -3.03. The van der Waals surface area contributed by atoms with Gasteiger partial charge in [-0.25, -0.2) is 4.98 Å². The van der Waals surface area contributed by atoms with Crippen molar-refractivity contribution in [1.29, 1.82) is 0 Å². The van der Waals surface area contributed by atoms with Crippen LogP contribution in [0.3, 0.4) is 0 Å². The average Bonchev–Trinajstić information content (AvgIpc) is 2.58. The van der Waals surface area contributed by atoms with Gasteiger partial charge in [-0.2, -0.15) is 8.78 Å². The normalized spacial score (nSPS) is 10.8. The third kappa shape index (κ3) is 5.99. The Labute approximate surface area is 137 Å². The molecule has 2 aromatic rings. The van der Waals surface area contributed by atoms with Gasteiger partial charge < -0.3 is 15.4 Å². The van der Waals surface area contributed by atoms with Crippen LogP contribution in [-0.2, 0) is 4.79 Å². The van der Waals surface area contributed by atoms with Crippen LogP contribution in [0.1, 0.15) is 5.56 Å². The predicted molar refractivity (Wildman–Crippen MR) is 85.6 cm³/mol. The number of ether oxygens (including phenoxy) is 1. The number of hydrogen-bond donors (Lipinski definition) is 2. The quantitative estimate of drug-likeness (QED) is 0.572. The number of nitrogens with one attached hydrogen (secondary N) is 2. The fourth-order valence-corrected chi connectivity index (χ4v) is 1.81. The number of hydrogen-bond acceptors (Lipinski definition) is 5. The van der Waals surface area contributed by atoms with Crippen molar-refractivity contribution in [3.8, 4) is 5.75 Å². The van der Waals surface area contributed by atoms with Crippen molar-refractivity contribution < 1.29 is 18.3 Å². The van der Waals surface area contributed by atoms with Crippen LogP contribution in [0.4, 0.5) is 14.6 Å². The largest absolute Gasteiger partial charge is 0.434 e. The summed E-state index contributed by atoms with van der Waals surface area (Å²) in [6.07, 6.45) is 7.37. The third-order valence-electron chi connectivity index (χ3n) is 2.84. The van der Waals surface area contributed by atoms with E-state index in [9.17, 15) is 13.6 Å². The molecule has 0 aliphatic carbocycles. The second-order valence-corrected chi connectivity index (χ2v) is 4.56. The minimum absolute atomic E-state index is 0.0147. The van der Waals surface area contributed by atoms with Crippen LogP contribution in [0.2, 0.25) is 0 Å². The molecule has 0 unspecified atom stereocenters. The Balaban J connectivity index is 1.79. The molecule has 1 heterocycles. The zero-order valence-corrected chi connectivity index (χ0v) is 12.7. The summed E-state index contributed by atoms with van der Waals surface area (Å²) in [5.41, 5.74) is 0.394. The van der Waals surface area contributed by atoms with E-state index in [1.54, 1.807) is 36.8 Å². The van der Waals surface area contributed by atoms with Gasteiger partial charge in [0.05, 0.1) is 6.20 Å². The number of rotatable bonds is 8. The first-order valence-corrected chi connectivity index (χ1v) is 7.15. The van der Waals surface area contributed by atoms with Gasteiger partial charge in [0.25, 0.3) is 0 Å². The van der Waals surface area contributed by atoms with Gasteiger partial charge in [0.2, 0.25) is 5.91 Å². The molecule has 0 radical (unpaired) electrons. The Bertz CT molecular complexity index is 681. The lowest BCUT2D eigenvalue weighted by Crippen LogP contribution is -2.27. The van der Waals surface area contributed by atoms with Gasteiger partial charge in [0.15, 0.2) is 0 Å². The summed E-state index contributed by atoms with van der Waals surface area (Å²) in [5.74, 6) is 0.282. The molecule has 0 saturated carbocycles. The number of alkyl halides is 2. The summed E-state index contributed by atoms with van der Waals surface area (Å²) < 4.78 is 29.0. The van der Waals surface area contributed by atoms with E-state index < -0.39 is 6.61 Å². The molecule has 0 saturated heterocycles. The first-order chi connectivity index (χ1) is 11.6. The molecule has 0 aliphatic rings. The van der Waals surface area contributed by atoms with Crippen LogP contribution in [0, 0.1) is 0 Å². The van der Waals surface area contributed by atoms with Gasteiger partial charge in [0, 0.05) is 37.1 Å². The number of carbonyl (C=O) groups is 1. The minimum atomic E-state index is -2.92. The molecule has 6 nitrogen and oxygen atoms in total. The van der Waals surface area contributed by atoms with E-state index in [0.717, 1.165) is 0 Å². The van der Waals surface area contributed by atoms with Gasteiger partial charge in [-0.15, -0.1) is 0 Å². The van der Waals surface area contributed by atoms with Gasteiger partial charge >= 0.3 is 6.61 Å². The molecule has 126 valence electrons. The summed E-state index contributed by atoms with van der Waals surface area (Å²) in [6.45, 7) is -2.07. The van der Waals surface area contributed by atoms with Gasteiger partial charge in [0.1, 0.15) is 11.6 Å². The van der Waals surface area contributed by atoms with Crippen LogP contribution in [0.5, 0.6) is 5.75 Å². The van der Waals surface area contributed by atoms with Crippen molar-refractivity contribution >= 4 is 17.8 Å². The Kier molecular flexibility index (Phi) is 6.63. The number of aromatic nitrogens is 2. The standard InChI is InChI=1S/C16H16F2N4O2/c17-16(18)24-13-4-2-1-3-12(13)5-6-15(23)22-10-9-21-14-11-19-7-8-20-14/h1-8,11,16H,9-10H2,(H,20,21)(H,22,23). The maximum Gasteiger partial charge on any atom is 0.387 e. The van der Waals surface area contributed by atoms with E-state index in [0.29, 0.717) is 24.5 Å². The topological polar surface area (TPSA) is 76.1 Å². The van der Waals surface area contributed by atoms with Gasteiger partial charge in [-0.05, 0) is 12.1 Å². The fraction of sp³-hybridized carbons (Fsp3) is 0.188. The summed E-state index contributed by atoms with van der Waals surface area (Å²) >= 11 is 0. The third-order valence-corrected chi connectivity index (χ3v) is 2.84. The molecule has 0 bridgehead atoms. The van der Waals surface area contributed by atoms with E-state index in [1.165, 1.54) is 18.2 Å². The fourth-order valence-electron chi connectivity index (χ4n) is 1.81.